The van der Waals surface area contributed by atoms with E-state index in [0.29, 0.717) is 13.2 Å². The minimum Gasteiger partial charge on any atom is -0.489 e. The van der Waals surface area contributed by atoms with Crippen LogP contribution in [-0.2, 0) is 13.2 Å². The lowest BCUT2D eigenvalue weighted by Crippen LogP contribution is -1.95. The third kappa shape index (κ3) is 5.03. The van der Waals surface area contributed by atoms with E-state index in [4.69, 9.17) is 32.7 Å². The quantitative estimate of drug-likeness (QED) is 0.241. The summed E-state index contributed by atoms with van der Waals surface area (Å²) in [5.74, 6) is 1.74. The zero-order valence-electron chi connectivity index (χ0n) is 18.0. The molecule has 5 rings (SSSR count). The number of rotatable bonds is 8. The highest BCUT2D eigenvalue weighted by Crippen LogP contribution is 2.70. The van der Waals surface area contributed by atoms with Crippen LogP contribution in [0.4, 0.5) is 0 Å². The van der Waals surface area contributed by atoms with E-state index >= 15 is 0 Å². The highest BCUT2D eigenvalue weighted by Gasteiger charge is 2.64. The highest BCUT2D eigenvalue weighted by molar-refractivity contribution is 6.52. The van der Waals surface area contributed by atoms with Gasteiger partial charge in [-0.1, -0.05) is 84.9 Å². The molecule has 0 aliphatic heterocycles. The Balaban J connectivity index is 1.21. The van der Waals surface area contributed by atoms with E-state index < -0.39 is 4.33 Å². The summed E-state index contributed by atoms with van der Waals surface area (Å²) in [6.45, 7) is 1.08. The van der Waals surface area contributed by atoms with E-state index in [1.54, 1.807) is 0 Å². The Morgan fingerprint density at radius 2 is 0.879 bits per heavy atom. The molecule has 33 heavy (non-hydrogen) atoms. The number of benzene rings is 4. The van der Waals surface area contributed by atoms with Crippen molar-refractivity contribution in [2.24, 2.45) is 0 Å². The fourth-order valence-electron chi connectivity index (χ4n) is 4.18. The van der Waals surface area contributed by atoms with Gasteiger partial charge in [-0.25, -0.2) is 0 Å². The maximum absolute atomic E-state index is 6.71. The summed E-state index contributed by atoms with van der Waals surface area (Å²) in [5.41, 5.74) is 4.50. The molecule has 0 radical (unpaired) electrons. The Labute approximate surface area is 204 Å². The standard InChI is InChI=1S/C29H24Cl2O2/c30-29(31)27(23-11-15-25(16-12-23)32-19-21-7-3-1-4-8-21)28(29)24-13-17-26(18-14-24)33-20-22-9-5-2-6-10-22/h1-18,27-28H,19-20H2/t27-,28-/m1/s1. The van der Waals surface area contributed by atoms with Gasteiger partial charge in [0.2, 0.25) is 0 Å². The van der Waals surface area contributed by atoms with Crippen molar-refractivity contribution in [2.75, 3.05) is 0 Å². The van der Waals surface area contributed by atoms with Gasteiger partial charge in [-0.15, -0.1) is 23.2 Å². The molecule has 0 saturated heterocycles. The molecule has 0 heterocycles. The van der Waals surface area contributed by atoms with Crippen LogP contribution in [0.15, 0.2) is 109 Å². The number of halogens is 2. The topological polar surface area (TPSA) is 18.5 Å². The third-order valence-corrected chi connectivity index (χ3v) is 6.97. The Hall–Kier alpha value is -2.94. The molecule has 2 nitrogen and oxygen atoms in total. The summed E-state index contributed by atoms with van der Waals surface area (Å²) in [4.78, 5) is 0. The number of hydrogen-bond donors (Lipinski definition) is 0. The van der Waals surface area contributed by atoms with Crippen molar-refractivity contribution in [2.45, 2.75) is 29.4 Å². The molecule has 0 amide bonds. The zero-order chi connectivity index (χ0) is 22.7. The van der Waals surface area contributed by atoms with Crippen LogP contribution >= 0.6 is 23.2 Å². The minimum atomic E-state index is -0.821. The Kier molecular flexibility index (Phi) is 6.30. The van der Waals surface area contributed by atoms with Crippen molar-refractivity contribution in [3.05, 3.63) is 131 Å². The summed E-state index contributed by atoms with van der Waals surface area (Å²) in [5, 5.41) is 0. The van der Waals surface area contributed by atoms with E-state index in [2.05, 4.69) is 48.5 Å². The van der Waals surface area contributed by atoms with E-state index in [-0.39, 0.29) is 11.8 Å². The Morgan fingerprint density at radius 1 is 0.515 bits per heavy atom. The van der Waals surface area contributed by atoms with Gasteiger partial charge in [-0.2, -0.15) is 0 Å². The predicted molar refractivity (Wildman–Crippen MR) is 134 cm³/mol. The van der Waals surface area contributed by atoms with Crippen LogP contribution in [0.1, 0.15) is 34.1 Å². The van der Waals surface area contributed by atoms with Crippen LogP contribution in [-0.4, -0.2) is 4.33 Å². The van der Waals surface area contributed by atoms with Crippen LogP contribution in [0.5, 0.6) is 11.5 Å². The normalized spacial score (nSPS) is 18.5. The molecular weight excluding hydrogens is 451 g/mol. The van der Waals surface area contributed by atoms with Crippen molar-refractivity contribution < 1.29 is 9.47 Å². The molecule has 1 fully saturated rings. The summed E-state index contributed by atoms with van der Waals surface area (Å²) >= 11 is 13.4. The highest BCUT2D eigenvalue weighted by atomic mass is 35.5. The summed E-state index contributed by atoms with van der Waals surface area (Å²) in [6.07, 6.45) is 0. The zero-order valence-corrected chi connectivity index (χ0v) is 19.5. The van der Waals surface area contributed by atoms with E-state index in [0.717, 1.165) is 33.8 Å². The third-order valence-electron chi connectivity index (χ3n) is 6.03. The fraction of sp³-hybridized carbons (Fsp3) is 0.172. The summed E-state index contributed by atoms with van der Waals surface area (Å²) < 4.78 is 11.0. The number of alkyl halides is 2. The monoisotopic (exact) mass is 474 g/mol. The first-order valence-corrected chi connectivity index (χ1v) is 11.8. The molecule has 2 atom stereocenters. The molecule has 4 aromatic carbocycles. The molecule has 4 aromatic rings. The van der Waals surface area contributed by atoms with Crippen LogP contribution < -0.4 is 9.47 Å². The van der Waals surface area contributed by atoms with Crippen LogP contribution in [0, 0.1) is 0 Å². The SMILES string of the molecule is ClC1(Cl)[C@H](c2ccc(OCc3ccccc3)cc2)[C@H]1c1ccc(OCc2ccccc2)cc1. The van der Waals surface area contributed by atoms with Crippen LogP contribution in [0.3, 0.4) is 0 Å². The molecule has 0 unspecified atom stereocenters. The smallest absolute Gasteiger partial charge is 0.133 e. The summed E-state index contributed by atoms with van der Waals surface area (Å²) in [6, 6.07) is 36.4. The molecular formula is C29H24Cl2O2. The fourth-order valence-corrected chi connectivity index (χ4v) is 5.06. The Morgan fingerprint density at radius 3 is 1.24 bits per heavy atom. The lowest BCUT2D eigenvalue weighted by atomic mass is 10.0. The second-order valence-electron chi connectivity index (χ2n) is 8.32. The van der Waals surface area contributed by atoms with E-state index in [1.807, 2.05) is 60.7 Å². The van der Waals surface area contributed by atoms with Crippen molar-refractivity contribution in [3.63, 3.8) is 0 Å². The molecule has 4 heteroatoms. The maximum Gasteiger partial charge on any atom is 0.133 e. The predicted octanol–water partition coefficient (Wildman–Crippen LogP) is 7.90. The molecule has 0 aromatic heterocycles. The van der Waals surface area contributed by atoms with Gasteiger partial charge in [0.15, 0.2) is 0 Å². The largest absolute Gasteiger partial charge is 0.489 e. The van der Waals surface area contributed by atoms with Crippen molar-refractivity contribution in [3.8, 4) is 11.5 Å². The van der Waals surface area contributed by atoms with Gasteiger partial charge in [-0.05, 0) is 46.5 Å². The first-order chi connectivity index (χ1) is 16.1. The van der Waals surface area contributed by atoms with Gasteiger partial charge in [0.25, 0.3) is 0 Å². The minimum absolute atomic E-state index is 0.0418. The molecule has 0 N–H and O–H groups in total. The molecule has 1 aliphatic carbocycles. The second kappa shape index (κ2) is 9.51. The maximum atomic E-state index is 6.71. The first-order valence-electron chi connectivity index (χ1n) is 11.0. The van der Waals surface area contributed by atoms with Gasteiger partial charge < -0.3 is 9.47 Å². The average molecular weight is 475 g/mol. The molecule has 0 bridgehead atoms. The average Bonchev–Trinajstić information content (AvgIpc) is 3.45. The lowest BCUT2D eigenvalue weighted by molar-refractivity contribution is 0.306. The summed E-state index contributed by atoms with van der Waals surface area (Å²) in [7, 11) is 0. The molecule has 1 aliphatic rings. The van der Waals surface area contributed by atoms with Crippen LogP contribution in [0.25, 0.3) is 0 Å². The van der Waals surface area contributed by atoms with Crippen molar-refractivity contribution in [1.29, 1.82) is 0 Å². The number of hydrogen-bond acceptors (Lipinski definition) is 2. The second-order valence-corrected chi connectivity index (χ2v) is 9.76. The number of ether oxygens (including phenoxy) is 2. The van der Waals surface area contributed by atoms with Gasteiger partial charge >= 0.3 is 0 Å². The van der Waals surface area contributed by atoms with E-state index in [1.165, 1.54) is 0 Å². The first kappa shape index (κ1) is 21.9. The van der Waals surface area contributed by atoms with Gasteiger partial charge in [0, 0.05) is 11.8 Å². The van der Waals surface area contributed by atoms with Gasteiger partial charge in [-0.3, -0.25) is 0 Å². The molecule has 1 saturated carbocycles. The molecule has 166 valence electrons. The van der Waals surface area contributed by atoms with Gasteiger partial charge in [0.1, 0.15) is 29.0 Å². The Bertz CT molecular complexity index is 1080. The van der Waals surface area contributed by atoms with Crippen molar-refractivity contribution in [1.82, 2.24) is 0 Å². The van der Waals surface area contributed by atoms with E-state index in [9.17, 15) is 0 Å². The lowest BCUT2D eigenvalue weighted by Gasteiger charge is -2.08. The van der Waals surface area contributed by atoms with Crippen molar-refractivity contribution >= 4 is 23.2 Å². The van der Waals surface area contributed by atoms with Crippen LogP contribution in [0.2, 0.25) is 0 Å². The molecule has 0 spiro atoms. The van der Waals surface area contributed by atoms with Gasteiger partial charge in [0.05, 0.1) is 0 Å².